The third-order valence-corrected chi connectivity index (χ3v) is 2.31. The molecule has 1 rings (SSSR count). The summed E-state index contributed by atoms with van der Waals surface area (Å²) in [5, 5.41) is 2.79. The monoisotopic (exact) mass is 214 g/mol. The van der Waals surface area contributed by atoms with E-state index < -0.39 is 11.6 Å². The molecule has 0 aliphatic carbocycles. The smallest absolute Gasteiger partial charge is 0.146 e. The minimum absolute atomic E-state index is 0.0762. The van der Waals surface area contributed by atoms with Gasteiger partial charge in [0.15, 0.2) is 0 Å². The van der Waals surface area contributed by atoms with Crippen molar-refractivity contribution in [1.29, 1.82) is 0 Å². The van der Waals surface area contributed by atoms with Gasteiger partial charge in [-0.05, 0) is 24.1 Å². The normalized spacial score (nSPS) is 12.9. The van der Waals surface area contributed by atoms with Gasteiger partial charge in [-0.3, -0.25) is 0 Å². The first-order chi connectivity index (χ1) is 7.00. The Morgan fingerprint density at radius 2 is 2.00 bits per heavy atom. The summed E-state index contributed by atoms with van der Waals surface area (Å²) in [6.45, 7) is 4.39. The molecule has 0 fully saturated rings. The molecule has 84 valence electrons. The summed E-state index contributed by atoms with van der Waals surface area (Å²) in [5.74, 6) is -0.626. The van der Waals surface area contributed by atoms with Crippen molar-refractivity contribution in [3.05, 3.63) is 29.8 Å². The van der Waals surface area contributed by atoms with Gasteiger partial charge in [0.25, 0.3) is 0 Å². The molecule has 1 aromatic rings. The van der Waals surface area contributed by atoms with E-state index in [0.717, 1.165) is 18.2 Å². The Kier molecular flexibility index (Phi) is 4.03. The van der Waals surface area contributed by atoms with E-state index in [2.05, 4.69) is 5.32 Å². The SMILES string of the molecule is CC(C)C(N)CNc1cc(F)ccc1F. The fourth-order valence-electron chi connectivity index (χ4n) is 1.10. The van der Waals surface area contributed by atoms with Crippen LogP contribution in [0.4, 0.5) is 14.5 Å². The molecule has 0 aliphatic heterocycles. The summed E-state index contributed by atoms with van der Waals surface area (Å²) in [6, 6.07) is 3.23. The van der Waals surface area contributed by atoms with Crippen LogP contribution in [-0.4, -0.2) is 12.6 Å². The van der Waals surface area contributed by atoms with Gasteiger partial charge in [-0.25, -0.2) is 8.78 Å². The van der Waals surface area contributed by atoms with E-state index in [9.17, 15) is 8.78 Å². The molecule has 0 amide bonds. The van der Waals surface area contributed by atoms with E-state index in [1.54, 1.807) is 0 Å². The Bertz CT molecular complexity index is 326. The highest BCUT2D eigenvalue weighted by atomic mass is 19.1. The molecule has 1 unspecified atom stereocenters. The number of hydrogen-bond donors (Lipinski definition) is 2. The molecule has 0 aliphatic rings. The van der Waals surface area contributed by atoms with E-state index in [-0.39, 0.29) is 11.7 Å². The Labute approximate surface area is 88.5 Å². The van der Waals surface area contributed by atoms with Crippen molar-refractivity contribution in [2.45, 2.75) is 19.9 Å². The molecule has 0 heterocycles. The number of nitrogens with two attached hydrogens (primary N) is 1. The van der Waals surface area contributed by atoms with E-state index in [1.807, 2.05) is 13.8 Å². The fraction of sp³-hybridized carbons (Fsp3) is 0.455. The second-order valence-electron chi connectivity index (χ2n) is 3.91. The zero-order valence-corrected chi connectivity index (χ0v) is 8.93. The minimum Gasteiger partial charge on any atom is -0.381 e. The highest BCUT2D eigenvalue weighted by molar-refractivity contribution is 5.44. The maximum Gasteiger partial charge on any atom is 0.146 e. The third kappa shape index (κ3) is 3.47. The Morgan fingerprint density at radius 1 is 1.33 bits per heavy atom. The number of benzene rings is 1. The van der Waals surface area contributed by atoms with Crippen LogP contribution in [0.2, 0.25) is 0 Å². The average Bonchev–Trinajstić information content (AvgIpc) is 2.18. The van der Waals surface area contributed by atoms with Crippen LogP contribution >= 0.6 is 0 Å². The highest BCUT2D eigenvalue weighted by Crippen LogP contribution is 2.15. The van der Waals surface area contributed by atoms with Gasteiger partial charge >= 0.3 is 0 Å². The van der Waals surface area contributed by atoms with Gasteiger partial charge in [0.1, 0.15) is 11.6 Å². The maximum absolute atomic E-state index is 13.2. The Hall–Kier alpha value is -1.16. The predicted octanol–water partition coefficient (Wildman–Crippen LogP) is 2.36. The van der Waals surface area contributed by atoms with Gasteiger partial charge in [0.05, 0.1) is 5.69 Å². The molecule has 0 bridgehead atoms. The first-order valence-corrected chi connectivity index (χ1v) is 4.95. The molecule has 0 aromatic heterocycles. The van der Waals surface area contributed by atoms with Crippen LogP contribution in [0, 0.1) is 17.6 Å². The van der Waals surface area contributed by atoms with Crippen LogP contribution in [0.5, 0.6) is 0 Å². The first kappa shape index (κ1) is 11.9. The second-order valence-corrected chi connectivity index (χ2v) is 3.91. The largest absolute Gasteiger partial charge is 0.381 e. The lowest BCUT2D eigenvalue weighted by Gasteiger charge is -2.17. The zero-order valence-electron chi connectivity index (χ0n) is 8.93. The van der Waals surface area contributed by atoms with Crippen molar-refractivity contribution >= 4 is 5.69 Å². The molecule has 3 N–H and O–H groups in total. The zero-order chi connectivity index (χ0) is 11.4. The number of hydrogen-bond acceptors (Lipinski definition) is 2. The van der Waals surface area contributed by atoms with E-state index in [4.69, 9.17) is 5.73 Å². The molecule has 0 saturated heterocycles. The van der Waals surface area contributed by atoms with Crippen LogP contribution in [0.25, 0.3) is 0 Å². The number of rotatable bonds is 4. The molecular formula is C11H16F2N2. The molecule has 0 radical (unpaired) electrons. The highest BCUT2D eigenvalue weighted by Gasteiger charge is 2.09. The third-order valence-electron chi connectivity index (χ3n) is 2.31. The lowest BCUT2D eigenvalue weighted by molar-refractivity contribution is 0.509. The van der Waals surface area contributed by atoms with Crippen LogP contribution in [0.3, 0.4) is 0 Å². The standard InChI is InChI=1S/C11H16F2N2/c1-7(2)10(14)6-15-11-5-8(12)3-4-9(11)13/h3-5,7,10,15H,6,14H2,1-2H3. The van der Waals surface area contributed by atoms with Gasteiger partial charge in [-0.1, -0.05) is 13.8 Å². The Morgan fingerprint density at radius 3 is 2.60 bits per heavy atom. The lowest BCUT2D eigenvalue weighted by Crippen LogP contribution is -2.34. The lowest BCUT2D eigenvalue weighted by atomic mass is 10.1. The van der Waals surface area contributed by atoms with Crippen LogP contribution in [0.15, 0.2) is 18.2 Å². The molecule has 4 heteroatoms. The number of halogens is 2. The van der Waals surface area contributed by atoms with Gasteiger partial charge in [0.2, 0.25) is 0 Å². The van der Waals surface area contributed by atoms with Crippen LogP contribution < -0.4 is 11.1 Å². The summed E-state index contributed by atoms with van der Waals surface area (Å²) in [7, 11) is 0. The van der Waals surface area contributed by atoms with Gasteiger partial charge in [0, 0.05) is 12.6 Å². The summed E-state index contributed by atoms with van der Waals surface area (Å²) in [5.41, 5.74) is 5.93. The van der Waals surface area contributed by atoms with Gasteiger partial charge in [-0.15, -0.1) is 0 Å². The molecule has 15 heavy (non-hydrogen) atoms. The summed E-state index contributed by atoms with van der Waals surface area (Å²) < 4.78 is 25.9. The first-order valence-electron chi connectivity index (χ1n) is 4.95. The molecular weight excluding hydrogens is 198 g/mol. The van der Waals surface area contributed by atoms with E-state index in [1.165, 1.54) is 0 Å². The molecule has 2 nitrogen and oxygen atoms in total. The quantitative estimate of drug-likeness (QED) is 0.807. The van der Waals surface area contributed by atoms with Crippen molar-refractivity contribution in [1.82, 2.24) is 0 Å². The van der Waals surface area contributed by atoms with E-state index >= 15 is 0 Å². The Balaban J connectivity index is 2.61. The number of nitrogens with one attached hydrogen (secondary N) is 1. The summed E-state index contributed by atoms with van der Waals surface area (Å²) >= 11 is 0. The average molecular weight is 214 g/mol. The van der Waals surface area contributed by atoms with Gasteiger partial charge < -0.3 is 11.1 Å². The van der Waals surface area contributed by atoms with Crippen molar-refractivity contribution < 1.29 is 8.78 Å². The summed E-state index contributed by atoms with van der Waals surface area (Å²) in [6.07, 6.45) is 0. The fourth-order valence-corrected chi connectivity index (χ4v) is 1.10. The second kappa shape index (κ2) is 5.07. The summed E-state index contributed by atoms with van der Waals surface area (Å²) in [4.78, 5) is 0. The van der Waals surface area contributed by atoms with Crippen molar-refractivity contribution in [3.63, 3.8) is 0 Å². The topological polar surface area (TPSA) is 38.0 Å². The van der Waals surface area contributed by atoms with Gasteiger partial charge in [-0.2, -0.15) is 0 Å². The maximum atomic E-state index is 13.2. The van der Waals surface area contributed by atoms with Crippen LogP contribution in [0.1, 0.15) is 13.8 Å². The minimum atomic E-state index is -0.465. The van der Waals surface area contributed by atoms with Crippen molar-refractivity contribution in [3.8, 4) is 0 Å². The van der Waals surface area contributed by atoms with Crippen LogP contribution in [-0.2, 0) is 0 Å². The van der Waals surface area contributed by atoms with Crippen molar-refractivity contribution in [2.24, 2.45) is 11.7 Å². The molecule has 1 aromatic carbocycles. The number of anilines is 1. The molecule has 1 atom stereocenters. The predicted molar refractivity (Wildman–Crippen MR) is 57.7 cm³/mol. The van der Waals surface area contributed by atoms with Crippen molar-refractivity contribution in [2.75, 3.05) is 11.9 Å². The molecule has 0 spiro atoms. The molecule has 0 saturated carbocycles. The van der Waals surface area contributed by atoms with E-state index in [0.29, 0.717) is 12.5 Å².